The van der Waals surface area contributed by atoms with Gasteiger partial charge in [-0.1, -0.05) is 25.0 Å². The molecule has 1 unspecified atom stereocenters. The Morgan fingerprint density at radius 2 is 1.89 bits per heavy atom. The Balaban J connectivity index is 1.70. The van der Waals surface area contributed by atoms with Gasteiger partial charge in [0.15, 0.2) is 0 Å². The van der Waals surface area contributed by atoms with Crippen molar-refractivity contribution in [1.82, 2.24) is 5.32 Å². The molecule has 1 aliphatic rings. The fourth-order valence-electron chi connectivity index (χ4n) is 3.68. The van der Waals surface area contributed by atoms with E-state index in [-0.39, 0.29) is 11.1 Å². The zero-order chi connectivity index (χ0) is 20.4. The normalized spacial score (nSPS) is 17.3. The third kappa shape index (κ3) is 4.50. The van der Waals surface area contributed by atoms with Gasteiger partial charge in [0.25, 0.3) is 0 Å². The Hall–Kier alpha value is -2.06. The number of para-hydroxylation sites is 1. The van der Waals surface area contributed by atoms with E-state index in [0.717, 1.165) is 41.5 Å². The van der Waals surface area contributed by atoms with E-state index in [9.17, 15) is 23.1 Å². The number of carbonyl (C=O) groups excluding carboxylic acids is 1. The van der Waals surface area contributed by atoms with E-state index in [0.29, 0.717) is 6.54 Å². The molecule has 0 radical (unpaired) electrons. The molecule has 8 heteroatoms. The third-order valence-corrected chi connectivity index (χ3v) is 6.69. The van der Waals surface area contributed by atoms with Crippen LogP contribution in [0.25, 0.3) is 0 Å². The standard InChI is InChI=1S/C20H23F3N2O2S/c1-13(26)16-8-9-17(28-16)19(10-4-5-11-19)12-24-18(27)25-15-7-3-2-6-14(15)20(21,22)23/h2-3,6-9,13,26H,4-5,10-12H2,1H3,(H2,24,25,27). The van der Waals surface area contributed by atoms with E-state index >= 15 is 0 Å². The van der Waals surface area contributed by atoms with Crippen molar-refractivity contribution in [3.05, 3.63) is 51.7 Å². The van der Waals surface area contributed by atoms with Crippen molar-refractivity contribution in [2.24, 2.45) is 0 Å². The molecule has 2 aromatic rings. The lowest BCUT2D eigenvalue weighted by molar-refractivity contribution is -0.136. The molecular formula is C20H23F3N2O2S. The summed E-state index contributed by atoms with van der Waals surface area (Å²) >= 11 is 1.53. The molecule has 1 fully saturated rings. The number of hydrogen-bond donors (Lipinski definition) is 3. The topological polar surface area (TPSA) is 61.4 Å². The number of carbonyl (C=O) groups is 1. The molecule has 1 saturated carbocycles. The molecule has 1 aromatic carbocycles. The quantitative estimate of drug-likeness (QED) is 0.611. The van der Waals surface area contributed by atoms with Crippen LogP contribution in [0.15, 0.2) is 36.4 Å². The highest BCUT2D eigenvalue weighted by Crippen LogP contribution is 2.44. The Morgan fingerprint density at radius 1 is 1.21 bits per heavy atom. The van der Waals surface area contributed by atoms with E-state index in [2.05, 4.69) is 10.6 Å². The Bertz CT molecular complexity index is 827. The molecular weight excluding hydrogens is 389 g/mol. The number of amides is 2. The summed E-state index contributed by atoms with van der Waals surface area (Å²) in [6.07, 6.45) is -1.24. The zero-order valence-electron chi connectivity index (χ0n) is 15.5. The molecule has 0 spiro atoms. The smallest absolute Gasteiger partial charge is 0.388 e. The van der Waals surface area contributed by atoms with Crippen molar-refractivity contribution in [1.29, 1.82) is 0 Å². The minimum Gasteiger partial charge on any atom is -0.388 e. The first-order chi connectivity index (χ1) is 13.2. The number of thiophene rings is 1. The van der Waals surface area contributed by atoms with Gasteiger partial charge in [-0.3, -0.25) is 0 Å². The maximum atomic E-state index is 13.1. The molecule has 28 heavy (non-hydrogen) atoms. The first-order valence-corrected chi connectivity index (χ1v) is 10.0. The van der Waals surface area contributed by atoms with Crippen molar-refractivity contribution >= 4 is 23.1 Å². The lowest BCUT2D eigenvalue weighted by Crippen LogP contribution is -2.40. The number of anilines is 1. The van der Waals surface area contributed by atoms with E-state index in [1.807, 2.05) is 12.1 Å². The van der Waals surface area contributed by atoms with Crippen LogP contribution < -0.4 is 10.6 Å². The minimum atomic E-state index is -4.54. The molecule has 152 valence electrons. The number of nitrogens with one attached hydrogen (secondary N) is 2. The van der Waals surface area contributed by atoms with Gasteiger partial charge in [-0.25, -0.2) is 4.79 Å². The van der Waals surface area contributed by atoms with Gasteiger partial charge in [0.2, 0.25) is 0 Å². The Morgan fingerprint density at radius 3 is 2.50 bits per heavy atom. The second-order valence-electron chi connectivity index (χ2n) is 7.22. The molecule has 1 heterocycles. The van der Waals surface area contributed by atoms with Gasteiger partial charge in [-0.2, -0.15) is 13.2 Å². The van der Waals surface area contributed by atoms with Crippen molar-refractivity contribution in [3.63, 3.8) is 0 Å². The lowest BCUT2D eigenvalue weighted by atomic mass is 9.84. The summed E-state index contributed by atoms with van der Waals surface area (Å²) in [6, 6.07) is 8.14. The van der Waals surface area contributed by atoms with Crippen molar-refractivity contribution in [2.45, 2.75) is 50.3 Å². The van der Waals surface area contributed by atoms with Crippen LogP contribution in [-0.2, 0) is 11.6 Å². The molecule has 4 nitrogen and oxygen atoms in total. The van der Waals surface area contributed by atoms with Crippen LogP contribution in [-0.4, -0.2) is 17.7 Å². The Labute approximate surface area is 165 Å². The van der Waals surface area contributed by atoms with E-state index in [1.54, 1.807) is 6.92 Å². The molecule has 1 aliphatic carbocycles. The molecule has 3 N–H and O–H groups in total. The highest BCUT2D eigenvalue weighted by atomic mass is 32.1. The van der Waals surface area contributed by atoms with Gasteiger partial charge in [0.1, 0.15) is 0 Å². The number of alkyl halides is 3. The van der Waals surface area contributed by atoms with Crippen molar-refractivity contribution < 1.29 is 23.1 Å². The van der Waals surface area contributed by atoms with E-state index in [4.69, 9.17) is 0 Å². The van der Waals surface area contributed by atoms with Crippen LogP contribution in [0.1, 0.15) is 54.0 Å². The third-order valence-electron chi connectivity index (χ3n) is 5.19. The number of urea groups is 1. The average molecular weight is 412 g/mol. The molecule has 0 aliphatic heterocycles. The largest absolute Gasteiger partial charge is 0.418 e. The minimum absolute atomic E-state index is 0.237. The Kier molecular flexibility index (Phi) is 6.00. The number of rotatable bonds is 5. The molecule has 0 saturated heterocycles. The first-order valence-electron chi connectivity index (χ1n) is 9.21. The molecule has 3 rings (SSSR count). The lowest BCUT2D eigenvalue weighted by Gasteiger charge is -2.28. The fourth-order valence-corrected chi connectivity index (χ4v) is 4.87. The fraction of sp³-hybridized carbons (Fsp3) is 0.450. The first kappa shape index (κ1) is 20.7. The number of aliphatic hydroxyl groups excluding tert-OH is 1. The van der Waals surface area contributed by atoms with Crippen LogP contribution in [0.5, 0.6) is 0 Å². The van der Waals surface area contributed by atoms with Gasteiger partial charge < -0.3 is 15.7 Å². The monoisotopic (exact) mass is 412 g/mol. The van der Waals surface area contributed by atoms with Crippen LogP contribution >= 0.6 is 11.3 Å². The second-order valence-corrected chi connectivity index (χ2v) is 8.33. The van der Waals surface area contributed by atoms with Gasteiger partial charge in [0, 0.05) is 21.7 Å². The van der Waals surface area contributed by atoms with Crippen molar-refractivity contribution in [3.8, 4) is 0 Å². The summed E-state index contributed by atoms with van der Waals surface area (Å²) in [4.78, 5) is 14.3. The summed E-state index contributed by atoms with van der Waals surface area (Å²) in [7, 11) is 0. The average Bonchev–Trinajstić information content (AvgIpc) is 3.30. The summed E-state index contributed by atoms with van der Waals surface area (Å²) in [5.41, 5.74) is -1.38. The summed E-state index contributed by atoms with van der Waals surface area (Å²) in [5, 5.41) is 14.9. The molecule has 0 bridgehead atoms. The molecule has 2 amide bonds. The predicted molar refractivity (Wildman–Crippen MR) is 104 cm³/mol. The van der Waals surface area contributed by atoms with E-state index < -0.39 is 23.9 Å². The van der Waals surface area contributed by atoms with Crippen LogP contribution in [0.3, 0.4) is 0 Å². The molecule has 1 aromatic heterocycles. The number of benzene rings is 1. The highest BCUT2D eigenvalue weighted by Gasteiger charge is 2.38. The van der Waals surface area contributed by atoms with Crippen LogP contribution in [0.4, 0.5) is 23.7 Å². The zero-order valence-corrected chi connectivity index (χ0v) is 16.3. The van der Waals surface area contributed by atoms with E-state index in [1.165, 1.54) is 29.5 Å². The maximum absolute atomic E-state index is 13.1. The molecule has 1 atom stereocenters. The van der Waals surface area contributed by atoms with Crippen molar-refractivity contribution in [2.75, 3.05) is 11.9 Å². The predicted octanol–water partition coefficient (Wildman–Crippen LogP) is 5.45. The number of aliphatic hydroxyl groups is 1. The maximum Gasteiger partial charge on any atom is 0.418 e. The van der Waals surface area contributed by atoms with Crippen LogP contribution in [0, 0.1) is 0 Å². The SMILES string of the molecule is CC(O)c1ccc(C2(CNC(=O)Nc3ccccc3C(F)(F)F)CCCC2)s1. The van der Waals surface area contributed by atoms with Gasteiger partial charge in [-0.05, 0) is 44.0 Å². The second kappa shape index (κ2) is 8.13. The van der Waals surface area contributed by atoms with Gasteiger partial charge in [0.05, 0.1) is 17.4 Å². The van der Waals surface area contributed by atoms with Crippen LogP contribution in [0.2, 0.25) is 0 Å². The number of halogens is 3. The summed E-state index contributed by atoms with van der Waals surface area (Å²) in [6.45, 7) is 2.05. The highest BCUT2D eigenvalue weighted by molar-refractivity contribution is 7.12. The summed E-state index contributed by atoms with van der Waals surface area (Å²) in [5.74, 6) is 0. The van der Waals surface area contributed by atoms with Gasteiger partial charge >= 0.3 is 12.2 Å². The number of hydrogen-bond acceptors (Lipinski definition) is 3. The summed E-state index contributed by atoms with van der Waals surface area (Å²) < 4.78 is 39.3. The van der Waals surface area contributed by atoms with Gasteiger partial charge in [-0.15, -0.1) is 11.3 Å².